The number of rotatable bonds is 2. The van der Waals surface area contributed by atoms with Gasteiger partial charge in [0.05, 0.1) is 0 Å². The Morgan fingerprint density at radius 2 is 1.88 bits per heavy atom. The third-order valence-corrected chi connectivity index (χ3v) is 5.49. The maximum Gasteiger partial charge on any atom is 0.253 e. The van der Waals surface area contributed by atoms with Crippen molar-refractivity contribution in [3.05, 3.63) is 52.4 Å². The number of carbonyl (C=O) groups excluding carboxylic acids is 1. The Morgan fingerprint density at radius 1 is 1.00 bits per heavy atom. The second-order valence-electron chi connectivity index (χ2n) is 6.97. The Hall–Kier alpha value is -2.14. The molecule has 2 aliphatic rings. The second-order valence-corrected chi connectivity index (χ2v) is 7.41. The van der Waals surface area contributed by atoms with Crippen LogP contribution in [0, 0.1) is 0 Å². The summed E-state index contributed by atoms with van der Waals surface area (Å²) in [6.45, 7) is 3.18. The summed E-state index contributed by atoms with van der Waals surface area (Å²) >= 11 is 6.04. The minimum atomic E-state index is 0.0547. The Labute approximate surface area is 159 Å². The number of fused-ring (bicyclic) bond motifs is 1. The highest BCUT2D eigenvalue weighted by Gasteiger charge is 2.24. The van der Waals surface area contributed by atoms with Crippen LogP contribution in [-0.2, 0) is 12.8 Å². The number of nitrogens with zero attached hydrogens (tertiary/aromatic N) is 4. The van der Waals surface area contributed by atoms with Crippen molar-refractivity contribution in [2.45, 2.75) is 32.1 Å². The van der Waals surface area contributed by atoms with Gasteiger partial charge in [0.15, 0.2) is 0 Å². The molecule has 0 saturated carbocycles. The molecule has 2 heterocycles. The van der Waals surface area contributed by atoms with Crippen LogP contribution in [0.3, 0.4) is 0 Å². The first-order valence-electron chi connectivity index (χ1n) is 9.35. The Bertz CT molecular complexity index is 810. The molecular formula is C20H23ClN4O. The van der Waals surface area contributed by atoms with Crippen LogP contribution in [0.2, 0.25) is 5.02 Å². The predicted molar refractivity (Wildman–Crippen MR) is 103 cm³/mol. The molecule has 0 unspecified atom stereocenters. The zero-order chi connectivity index (χ0) is 17.9. The largest absolute Gasteiger partial charge is 0.354 e. The number of hydrogen-bond donors (Lipinski definition) is 0. The Morgan fingerprint density at radius 3 is 2.77 bits per heavy atom. The van der Waals surface area contributed by atoms with Gasteiger partial charge in [0, 0.05) is 48.0 Å². The first-order chi connectivity index (χ1) is 12.7. The number of anilines is 1. The minimum Gasteiger partial charge on any atom is -0.354 e. The van der Waals surface area contributed by atoms with E-state index in [0.29, 0.717) is 17.1 Å². The van der Waals surface area contributed by atoms with Gasteiger partial charge in [-0.2, -0.15) is 0 Å². The summed E-state index contributed by atoms with van der Waals surface area (Å²) in [5.41, 5.74) is 3.18. The molecule has 1 aliphatic heterocycles. The molecular weight excluding hydrogens is 348 g/mol. The molecule has 0 bridgehead atoms. The van der Waals surface area contributed by atoms with E-state index in [0.717, 1.165) is 44.7 Å². The fraction of sp³-hybridized carbons (Fsp3) is 0.450. The van der Waals surface area contributed by atoms with Gasteiger partial charge in [-0.15, -0.1) is 0 Å². The smallest absolute Gasteiger partial charge is 0.253 e. The van der Waals surface area contributed by atoms with Crippen LogP contribution >= 0.6 is 11.6 Å². The van der Waals surface area contributed by atoms with Crippen LogP contribution in [0.1, 0.15) is 40.9 Å². The lowest BCUT2D eigenvalue weighted by atomic mass is 9.96. The van der Waals surface area contributed by atoms with Crippen molar-refractivity contribution in [1.29, 1.82) is 0 Å². The SMILES string of the molecule is O=C(c1cccc(Cl)c1)N1CCCN(c2ncnc3c2CCCC3)CC1. The molecule has 1 aromatic carbocycles. The molecule has 136 valence electrons. The third-order valence-electron chi connectivity index (χ3n) is 5.26. The highest BCUT2D eigenvalue weighted by atomic mass is 35.5. The van der Waals surface area contributed by atoms with Gasteiger partial charge in [0.25, 0.3) is 5.91 Å². The molecule has 1 aliphatic carbocycles. The average molecular weight is 371 g/mol. The zero-order valence-electron chi connectivity index (χ0n) is 14.8. The first-order valence-corrected chi connectivity index (χ1v) is 9.73. The maximum atomic E-state index is 12.8. The highest BCUT2D eigenvalue weighted by molar-refractivity contribution is 6.30. The molecule has 5 nitrogen and oxygen atoms in total. The number of carbonyl (C=O) groups is 1. The lowest BCUT2D eigenvalue weighted by Gasteiger charge is -2.27. The van der Waals surface area contributed by atoms with Crippen LogP contribution in [0.4, 0.5) is 5.82 Å². The molecule has 1 saturated heterocycles. The topological polar surface area (TPSA) is 49.3 Å². The first kappa shape index (κ1) is 17.3. The van der Waals surface area contributed by atoms with E-state index < -0.39 is 0 Å². The van der Waals surface area contributed by atoms with Crippen molar-refractivity contribution < 1.29 is 4.79 Å². The summed E-state index contributed by atoms with van der Waals surface area (Å²) in [6, 6.07) is 7.19. The maximum absolute atomic E-state index is 12.8. The molecule has 0 atom stereocenters. The number of aromatic nitrogens is 2. The number of hydrogen-bond acceptors (Lipinski definition) is 4. The Balaban J connectivity index is 1.50. The van der Waals surface area contributed by atoms with Crippen LogP contribution in [0.15, 0.2) is 30.6 Å². The van der Waals surface area contributed by atoms with E-state index in [-0.39, 0.29) is 5.91 Å². The summed E-state index contributed by atoms with van der Waals surface area (Å²) in [5, 5.41) is 0.597. The zero-order valence-corrected chi connectivity index (χ0v) is 15.6. The molecule has 1 aromatic heterocycles. The molecule has 0 N–H and O–H groups in total. The van der Waals surface area contributed by atoms with Crippen LogP contribution in [0.25, 0.3) is 0 Å². The molecule has 1 amide bonds. The molecule has 1 fully saturated rings. The molecule has 0 radical (unpaired) electrons. The molecule has 4 rings (SSSR count). The Kier molecular flexibility index (Phi) is 5.07. The standard InChI is InChI=1S/C20H23ClN4O/c21-16-6-3-5-15(13-16)20(26)25-10-4-9-24(11-12-25)19-17-7-1-2-8-18(17)22-14-23-19/h3,5-6,13-14H,1-2,4,7-12H2. The van der Waals surface area contributed by atoms with Crippen LogP contribution in [0.5, 0.6) is 0 Å². The number of amides is 1. The summed E-state index contributed by atoms with van der Waals surface area (Å²) < 4.78 is 0. The van der Waals surface area contributed by atoms with Crippen molar-refractivity contribution in [1.82, 2.24) is 14.9 Å². The lowest BCUT2D eigenvalue weighted by molar-refractivity contribution is 0.0767. The third kappa shape index (κ3) is 3.54. The van der Waals surface area contributed by atoms with Crippen molar-refractivity contribution in [2.75, 3.05) is 31.1 Å². The van der Waals surface area contributed by atoms with Crippen molar-refractivity contribution in [2.24, 2.45) is 0 Å². The van der Waals surface area contributed by atoms with Gasteiger partial charge in [-0.3, -0.25) is 4.79 Å². The van der Waals surface area contributed by atoms with Gasteiger partial charge >= 0.3 is 0 Å². The minimum absolute atomic E-state index is 0.0547. The van der Waals surface area contributed by atoms with E-state index in [4.69, 9.17) is 11.6 Å². The van der Waals surface area contributed by atoms with Gasteiger partial charge in [-0.25, -0.2) is 9.97 Å². The van der Waals surface area contributed by atoms with Crippen molar-refractivity contribution in [3.8, 4) is 0 Å². The van der Waals surface area contributed by atoms with E-state index in [1.807, 2.05) is 17.0 Å². The van der Waals surface area contributed by atoms with Gasteiger partial charge in [-0.05, 0) is 50.3 Å². The van der Waals surface area contributed by atoms with Gasteiger partial charge < -0.3 is 9.80 Å². The van der Waals surface area contributed by atoms with Crippen LogP contribution in [-0.4, -0.2) is 47.0 Å². The summed E-state index contributed by atoms with van der Waals surface area (Å²) in [6.07, 6.45) is 7.17. The van der Waals surface area contributed by atoms with Gasteiger partial charge in [0.2, 0.25) is 0 Å². The number of aryl methyl sites for hydroxylation is 1. The molecule has 6 heteroatoms. The van der Waals surface area contributed by atoms with E-state index >= 15 is 0 Å². The van der Waals surface area contributed by atoms with E-state index in [2.05, 4.69) is 14.9 Å². The summed E-state index contributed by atoms with van der Waals surface area (Å²) in [7, 11) is 0. The average Bonchev–Trinajstić information content (AvgIpc) is 2.93. The van der Waals surface area contributed by atoms with E-state index in [1.54, 1.807) is 18.5 Å². The monoisotopic (exact) mass is 370 g/mol. The van der Waals surface area contributed by atoms with E-state index in [1.165, 1.54) is 24.1 Å². The number of halogens is 1. The fourth-order valence-electron chi connectivity index (χ4n) is 3.91. The molecule has 2 aromatic rings. The van der Waals surface area contributed by atoms with Crippen molar-refractivity contribution in [3.63, 3.8) is 0 Å². The quantitative estimate of drug-likeness (QED) is 0.813. The van der Waals surface area contributed by atoms with Crippen LogP contribution < -0.4 is 4.90 Å². The summed E-state index contributed by atoms with van der Waals surface area (Å²) in [5.74, 6) is 1.13. The summed E-state index contributed by atoms with van der Waals surface area (Å²) in [4.78, 5) is 26.1. The highest BCUT2D eigenvalue weighted by Crippen LogP contribution is 2.27. The second kappa shape index (κ2) is 7.62. The van der Waals surface area contributed by atoms with Gasteiger partial charge in [-0.1, -0.05) is 17.7 Å². The normalized spacial score (nSPS) is 17.6. The van der Waals surface area contributed by atoms with Gasteiger partial charge in [0.1, 0.15) is 12.1 Å². The fourth-order valence-corrected chi connectivity index (χ4v) is 4.10. The number of benzene rings is 1. The van der Waals surface area contributed by atoms with E-state index in [9.17, 15) is 4.79 Å². The molecule has 26 heavy (non-hydrogen) atoms. The predicted octanol–water partition coefficient (Wildman–Crippen LogP) is 3.36. The molecule has 0 spiro atoms. The lowest BCUT2D eigenvalue weighted by Crippen LogP contribution is -2.35. The van der Waals surface area contributed by atoms with Crippen molar-refractivity contribution >= 4 is 23.3 Å².